The van der Waals surface area contributed by atoms with E-state index in [9.17, 15) is 0 Å². The molecule has 0 bridgehead atoms. The Balaban J connectivity index is 1.76. The third-order valence-electron chi connectivity index (χ3n) is 3.42. The molecule has 0 amide bonds. The van der Waals surface area contributed by atoms with E-state index in [4.69, 9.17) is 5.73 Å². The SMILES string of the molecule is Nc1ccc2nc(Cc3c[nH]c4ccccc34)nn2c1. The first-order valence-electron chi connectivity index (χ1n) is 6.45. The van der Waals surface area contributed by atoms with Crippen LogP contribution in [-0.4, -0.2) is 19.6 Å². The lowest BCUT2D eigenvalue weighted by atomic mass is 10.1. The van der Waals surface area contributed by atoms with Crippen molar-refractivity contribution in [3.05, 3.63) is 60.2 Å². The fraction of sp³-hybridized carbons (Fsp3) is 0.0667. The second-order valence-electron chi connectivity index (χ2n) is 4.83. The number of nitrogens with one attached hydrogen (secondary N) is 1. The van der Waals surface area contributed by atoms with Crippen LogP contribution in [0.25, 0.3) is 16.6 Å². The van der Waals surface area contributed by atoms with Gasteiger partial charge in [-0.25, -0.2) is 9.50 Å². The van der Waals surface area contributed by atoms with Crippen molar-refractivity contribution >= 4 is 22.2 Å². The standard InChI is InChI=1S/C15H13N5/c16-11-5-6-15-18-14(19-20(15)9-11)7-10-8-17-13-4-2-1-3-12(10)13/h1-6,8-9,17H,7,16H2. The Morgan fingerprint density at radius 2 is 2.05 bits per heavy atom. The Morgan fingerprint density at radius 1 is 1.15 bits per heavy atom. The molecule has 5 nitrogen and oxygen atoms in total. The van der Waals surface area contributed by atoms with Crippen LogP contribution in [0.1, 0.15) is 11.4 Å². The van der Waals surface area contributed by atoms with Gasteiger partial charge in [0, 0.05) is 23.5 Å². The number of nitrogens with zero attached hydrogens (tertiary/aromatic N) is 3. The van der Waals surface area contributed by atoms with Crippen molar-refractivity contribution in [3.63, 3.8) is 0 Å². The van der Waals surface area contributed by atoms with Gasteiger partial charge in [0.15, 0.2) is 11.5 Å². The molecule has 0 spiro atoms. The summed E-state index contributed by atoms with van der Waals surface area (Å²) in [5.74, 6) is 0.792. The second-order valence-corrected chi connectivity index (χ2v) is 4.83. The van der Waals surface area contributed by atoms with Crippen LogP contribution >= 0.6 is 0 Å². The lowest BCUT2D eigenvalue weighted by molar-refractivity contribution is 0.903. The van der Waals surface area contributed by atoms with Gasteiger partial charge < -0.3 is 10.7 Å². The number of H-pyrrole nitrogens is 1. The molecule has 3 aromatic heterocycles. The van der Waals surface area contributed by atoms with Crippen LogP contribution in [0.4, 0.5) is 5.69 Å². The number of hydrogen-bond acceptors (Lipinski definition) is 3. The van der Waals surface area contributed by atoms with Crippen molar-refractivity contribution < 1.29 is 0 Å². The largest absolute Gasteiger partial charge is 0.397 e. The number of pyridine rings is 1. The Morgan fingerprint density at radius 3 is 3.00 bits per heavy atom. The van der Waals surface area contributed by atoms with Crippen LogP contribution in [0.3, 0.4) is 0 Å². The van der Waals surface area contributed by atoms with Gasteiger partial charge in [0.05, 0.1) is 11.9 Å². The first kappa shape index (κ1) is 11.0. The average Bonchev–Trinajstić information content (AvgIpc) is 3.03. The molecule has 0 radical (unpaired) electrons. The third kappa shape index (κ3) is 1.72. The van der Waals surface area contributed by atoms with Crippen molar-refractivity contribution in [1.29, 1.82) is 0 Å². The molecule has 0 saturated carbocycles. The van der Waals surface area contributed by atoms with E-state index in [2.05, 4.69) is 27.2 Å². The highest BCUT2D eigenvalue weighted by atomic mass is 15.3. The van der Waals surface area contributed by atoms with Crippen molar-refractivity contribution in [1.82, 2.24) is 19.6 Å². The summed E-state index contributed by atoms with van der Waals surface area (Å²) in [6, 6.07) is 11.9. The Bertz CT molecular complexity index is 903. The van der Waals surface area contributed by atoms with Crippen LogP contribution in [0.15, 0.2) is 48.8 Å². The average molecular weight is 263 g/mol. The van der Waals surface area contributed by atoms with E-state index >= 15 is 0 Å². The van der Waals surface area contributed by atoms with Crippen LogP contribution in [0.2, 0.25) is 0 Å². The first-order valence-corrected chi connectivity index (χ1v) is 6.45. The summed E-state index contributed by atoms with van der Waals surface area (Å²) in [6.45, 7) is 0. The van der Waals surface area contributed by atoms with E-state index in [1.54, 1.807) is 10.7 Å². The van der Waals surface area contributed by atoms with E-state index in [0.29, 0.717) is 12.1 Å². The Hall–Kier alpha value is -2.82. The fourth-order valence-corrected chi connectivity index (χ4v) is 2.47. The molecule has 0 unspecified atom stereocenters. The summed E-state index contributed by atoms with van der Waals surface area (Å²) in [6.07, 6.45) is 4.50. The summed E-state index contributed by atoms with van der Waals surface area (Å²) < 4.78 is 1.72. The molecular formula is C15H13N5. The number of anilines is 1. The van der Waals surface area contributed by atoms with E-state index in [0.717, 1.165) is 17.0 Å². The number of para-hydroxylation sites is 1. The van der Waals surface area contributed by atoms with Gasteiger partial charge in [-0.15, -0.1) is 0 Å². The second kappa shape index (κ2) is 4.09. The summed E-state index contributed by atoms with van der Waals surface area (Å²) >= 11 is 0. The maximum atomic E-state index is 5.75. The van der Waals surface area contributed by atoms with Crippen LogP contribution in [-0.2, 0) is 6.42 Å². The van der Waals surface area contributed by atoms with Crippen molar-refractivity contribution in [2.45, 2.75) is 6.42 Å². The Labute approximate surface area is 115 Å². The summed E-state index contributed by atoms with van der Waals surface area (Å²) in [7, 11) is 0. The van der Waals surface area contributed by atoms with Gasteiger partial charge in [-0.2, -0.15) is 5.10 Å². The summed E-state index contributed by atoms with van der Waals surface area (Å²) in [5, 5.41) is 5.68. The highest BCUT2D eigenvalue weighted by molar-refractivity contribution is 5.83. The molecule has 3 N–H and O–H groups in total. The monoisotopic (exact) mass is 263 g/mol. The molecule has 0 aliphatic heterocycles. The van der Waals surface area contributed by atoms with Crippen LogP contribution in [0.5, 0.6) is 0 Å². The molecule has 20 heavy (non-hydrogen) atoms. The molecule has 3 heterocycles. The molecule has 0 saturated heterocycles. The quantitative estimate of drug-likeness (QED) is 0.583. The minimum atomic E-state index is 0.682. The zero-order valence-electron chi connectivity index (χ0n) is 10.7. The zero-order valence-corrected chi connectivity index (χ0v) is 10.7. The molecule has 4 rings (SSSR count). The lowest BCUT2D eigenvalue weighted by Gasteiger charge is -1.94. The van der Waals surface area contributed by atoms with Gasteiger partial charge >= 0.3 is 0 Å². The minimum Gasteiger partial charge on any atom is -0.397 e. The third-order valence-corrected chi connectivity index (χ3v) is 3.42. The number of nitrogen functional groups attached to an aromatic ring is 1. The predicted molar refractivity (Wildman–Crippen MR) is 78.5 cm³/mol. The number of aromatic amines is 1. The number of hydrogen-bond donors (Lipinski definition) is 2. The first-order chi connectivity index (χ1) is 9.79. The minimum absolute atomic E-state index is 0.682. The highest BCUT2D eigenvalue weighted by Crippen LogP contribution is 2.20. The van der Waals surface area contributed by atoms with Crippen molar-refractivity contribution in [2.24, 2.45) is 0 Å². The summed E-state index contributed by atoms with van der Waals surface area (Å²) in [4.78, 5) is 7.79. The molecule has 0 atom stereocenters. The maximum Gasteiger partial charge on any atom is 0.156 e. The van der Waals surface area contributed by atoms with Crippen molar-refractivity contribution in [3.8, 4) is 0 Å². The number of benzene rings is 1. The van der Waals surface area contributed by atoms with Crippen LogP contribution < -0.4 is 5.73 Å². The smallest absolute Gasteiger partial charge is 0.156 e. The summed E-state index contributed by atoms with van der Waals surface area (Å²) in [5.41, 5.74) is 9.58. The maximum absolute atomic E-state index is 5.75. The molecule has 0 aliphatic carbocycles. The van der Waals surface area contributed by atoms with Gasteiger partial charge in [-0.05, 0) is 23.8 Å². The molecule has 98 valence electrons. The number of rotatable bonds is 2. The lowest BCUT2D eigenvalue weighted by Crippen LogP contribution is -1.93. The van der Waals surface area contributed by atoms with Crippen LogP contribution in [0, 0.1) is 0 Å². The molecule has 4 aromatic rings. The fourth-order valence-electron chi connectivity index (χ4n) is 2.47. The Kier molecular flexibility index (Phi) is 2.26. The molecule has 1 aromatic carbocycles. The van der Waals surface area contributed by atoms with Gasteiger partial charge in [0.2, 0.25) is 0 Å². The molecule has 5 heteroatoms. The van der Waals surface area contributed by atoms with Gasteiger partial charge in [0.1, 0.15) is 0 Å². The molecule has 0 fully saturated rings. The molecular weight excluding hydrogens is 250 g/mol. The highest BCUT2D eigenvalue weighted by Gasteiger charge is 2.08. The van der Waals surface area contributed by atoms with E-state index in [1.807, 2.05) is 30.5 Å². The number of nitrogens with two attached hydrogens (primary N) is 1. The normalized spacial score (nSPS) is 11.4. The van der Waals surface area contributed by atoms with Gasteiger partial charge in [-0.1, -0.05) is 18.2 Å². The van der Waals surface area contributed by atoms with Gasteiger partial charge in [0.25, 0.3) is 0 Å². The van der Waals surface area contributed by atoms with E-state index in [1.165, 1.54) is 10.9 Å². The molecule has 0 aliphatic rings. The topological polar surface area (TPSA) is 72.0 Å². The van der Waals surface area contributed by atoms with Crippen molar-refractivity contribution in [2.75, 3.05) is 5.73 Å². The van der Waals surface area contributed by atoms with Gasteiger partial charge in [-0.3, -0.25) is 0 Å². The number of fused-ring (bicyclic) bond motifs is 2. The predicted octanol–water partition coefficient (Wildman–Crippen LogP) is 2.38. The van der Waals surface area contributed by atoms with E-state index in [-0.39, 0.29) is 0 Å². The zero-order chi connectivity index (χ0) is 13.5. The number of aromatic nitrogens is 4. The van der Waals surface area contributed by atoms with E-state index < -0.39 is 0 Å².